The molecule has 4 aromatic rings. The highest BCUT2D eigenvalue weighted by molar-refractivity contribution is 7.22. The smallest absolute Gasteiger partial charge is 0.301 e. The molecule has 3 aromatic carbocycles. The number of aryl methyl sites for hydroxylation is 1. The molecule has 170 valence electrons. The van der Waals surface area contributed by atoms with Gasteiger partial charge in [-0.15, -0.1) is 0 Å². The van der Waals surface area contributed by atoms with Crippen LogP contribution in [0.2, 0.25) is 5.02 Å². The van der Waals surface area contributed by atoms with Crippen LogP contribution in [0.5, 0.6) is 5.75 Å². The number of hydrogen-bond acceptors (Lipinski definition) is 6. The lowest BCUT2D eigenvalue weighted by Gasteiger charge is -2.23. The molecule has 34 heavy (non-hydrogen) atoms. The van der Waals surface area contributed by atoms with Gasteiger partial charge in [-0.2, -0.15) is 0 Å². The summed E-state index contributed by atoms with van der Waals surface area (Å²) in [6.45, 7) is 1.98. The number of aromatic nitrogens is 1. The van der Waals surface area contributed by atoms with Crippen molar-refractivity contribution in [2.45, 2.75) is 13.0 Å². The van der Waals surface area contributed by atoms with E-state index in [1.165, 1.54) is 23.3 Å². The van der Waals surface area contributed by atoms with E-state index in [-0.39, 0.29) is 11.3 Å². The Morgan fingerprint density at radius 3 is 2.59 bits per heavy atom. The van der Waals surface area contributed by atoms with E-state index in [1.54, 1.807) is 48.5 Å². The molecule has 8 heteroatoms. The van der Waals surface area contributed by atoms with Crippen LogP contribution in [0.3, 0.4) is 0 Å². The van der Waals surface area contributed by atoms with Gasteiger partial charge < -0.3 is 9.84 Å². The van der Waals surface area contributed by atoms with Crippen molar-refractivity contribution in [2.24, 2.45) is 0 Å². The quantitative estimate of drug-likeness (QED) is 0.219. The first-order valence-corrected chi connectivity index (χ1v) is 11.6. The van der Waals surface area contributed by atoms with Gasteiger partial charge in [0.1, 0.15) is 11.5 Å². The number of thiazole rings is 1. The highest BCUT2D eigenvalue weighted by Gasteiger charge is 2.48. The lowest BCUT2D eigenvalue weighted by atomic mass is 9.95. The number of Topliss-reactive ketones (excluding diaryl/α,β-unsaturated/α-hetero) is 1. The van der Waals surface area contributed by atoms with Crippen LogP contribution in [0, 0.1) is 6.92 Å². The summed E-state index contributed by atoms with van der Waals surface area (Å²) in [7, 11) is 1.51. The number of carbonyl (C=O) groups excluding carboxylic acids is 2. The molecule has 0 spiro atoms. The number of amides is 1. The Bertz CT molecular complexity index is 1480. The maximum absolute atomic E-state index is 13.3. The summed E-state index contributed by atoms with van der Waals surface area (Å²) < 4.78 is 6.16. The standard InChI is InChI=1S/C26H19ClN2O4S/c1-14-6-11-19-20(12-14)34-26(28-19)29-22(15-7-9-17(27)10-8-15)21(24(31)25(29)32)23(30)16-4-3-5-18(13-16)33-2/h3-13,22,30H,1-2H3/t22-/m1/s1. The fraction of sp³-hybridized carbons (Fsp3) is 0.115. The van der Waals surface area contributed by atoms with Crippen LogP contribution in [0.15, 0.2) is 72.3 Å². The molecule has 0 radical (unpaired) electrons. The van der Waals surface area contributed by atoms with Crippen molar-refractivity contribution in [3.8, 4) is 5.75 Å². The Balaban J connectivity index is 1.73. The van der Waals surface area contributed by atoms with Crippen molar-refractivity contribution < 1.29 is 19.4 Å². The first kappa shape index (κ1) is 22.1. The van der Waals surface area contributed by atoms with Crippen molar-refractivity contribution >= 4 is 55.7 Å². The van der Waals surface area contributed by atoms with Gasteiger partial charge >= 0.3 is 5.91 Å². The molecule has 1 aliphatic rings. The molecule has 1 fully saturated rings. The topological polar surface area (TPSA) is 79.7 Å². The molecular formula is C26H19ClN2O4S. The normalized spacial score (nSPS) is 17.5. The Kier molecular flexibility index (Phi) is 5.59. The first-order valence-electron chi connectivity index (χ1n) is 10.5. The summed E-state index contributed by atoms with van der Waals surface area (Å²) in [5.41, 5.74) is 2.78. The molecule has 1 atom stereocenters. The molecule has 0 aliphatic carbocycles. The van der Waals surface area contributed by atoms with Gasteiger partial charge in [0.2, 0.25) is 0 Å². The summed E-state index contributed by atoms with van der Waals surface area (Å²) >= 11 is 7.42. The summed E-state index contributed by atoms with van der Waals surface area (Å²) in [4.78, 5) is 32.6. The number of rotatable bonds is 4. The summed E-state index contributed by atoms with van der Waals surface area (Å²) in [5.74, 6) is -1.30. The maximum Gasteiger partial charge on any atom is 0.301 e. The summed E-state index contributed by atoms with van der Waals surface area (Å²) in [5, 5.41) is 12.1. The molecule has 1 saturated heterocycles. The van der Waals surface area contributed by atoms with E-state index in [2.05, 4.69) is 4.98 Å². The molecule has 1 amide bonds. The lowest BCUT2D eigenvalue weighted by molar-refractivity contribution is -0.132. The summed E-state index contributed by atoms with van der Waals surface area (Å²) in [6, 6.07) is 18.5. The third-order valence-electron chi connectivity index (χ3n) is 5.71. The number of carbonyl (C=O) groups is 2. The Hall–Kier alpha value is -3.68. The largest absolute Gasteiger partial charge is 0.507 e. The van der Waals surface area contributed by atoms with E-state index >= 15 is 0 Å². The molecule has 6 nitrogen and oxygen atoms in total. The average Bonchev–Trinajstić information content (AvgIpc) is 3.37. The number of benzene rings is 3. The maximum atomic E-state index is 13.3. The minimum atomic E-state index is -0.870. The van der Waals surface area contributed by atoms with Gasteiger partial charge in [0.25, 0.3) is 5.78 Å². The number of ether oxygens (including phenoxy) is 1. The van der Waals surface area contributed by atoms with Crippen LogP contribution in [0.4, 0.5) is 5.13 Å². The van der Waals surface area contributed by atoms with Crippen LogP contribution >= 0.6 is 22.9 Å². The Labute approximate surface area is 204 Å². The number of hydrogen-bond donors (Lipinski definition) is 1. The third kappa shape index (κ3) is 3.73. The Morgan fingerprint density at radius 2 is 1.85 bits per heavy atom. The molecule has 2 heterocycles. The fourth-order valence-electron chi connectivity index (χ4n) is 4.04. The minimum absolute atomic E-state index is 0.0176. The number of anilines is 1. The highest BCUT2D eigenvalue weighted by Crippen LogP contribution is 2.44. The first-order chi connectivity index (χ1) is 16.4. The van der Waals surface area contributed by atoms with E-state index in [0.717, 1.165) is 15.8 Å². The van der Waals surface area contributed by atoms with Gasteiger partial charge in [0.05, 0.1) is 28.9 Å². The molecule has 0 unspecified atom stereocenters. The highest BCUT2D eigenvalue weighted by atomic mass is 35.5. The van der Waals surface area contributed by atoms with E-state index < -0.39 is 17.7 Å². The second-order valence-electron chi connectivity index (χ2n) is 7.92. The predicted octanol–water partition coefficient (Wildman–Crippen LogP) is 5.89. The zero-order valence-corrected chi connectivity index (χ0v) is 19.9. The van der Waals surface area contributed by atoms with Crippen molar-refractivity contribution in [3.05, 3.63) is 94.0 Å². The van der Waals surface area contributed by atoms with Gasteiger partial charge in [-0.25, -0.2) is 4.98 Å². The molecule has 0 saturated carbocycles. The number of fused-ring (bicyclic) bond motifs is 1. The Morgan fingerprint density at radius 1 is 1.09 bits per heavy atom. The van der Waals surface area contributed by atoms with Crippen molar-refractivity contribution in [1.29, 1.82) is 0 Å². The van der Waals surface area contributed by atoms with Gasteiger partial charge in [-0.1, -0.05) is 53.3 Å². The van der Waals surface area contributed by atoms with Crippen molar-refractivity contribution in [1.82, 2.24) is 4.98 Å². The van der Waals surface area contributed by atoms with Crippen LogP contribution in [0.1, 0.15) is 22.7 Å². The van der Waals surface area contributed by atoms with E-state index in [0.29, 0.717) is 27.0 Å². The van der Waals surface area contributed by atoms with E-state index in [1.807, 2.05) is 25.1 Å². The summed E-state index contributed by atoms with van der Waals surface area (Å²) in [6.07, 6.45) is 0. The second kappa shape index (κ2) is 8.59. The van der Waals surface area contributed by atoms with Crippen molar-refractivity contribution in [3.63, 3.8) is 0 Å². The number of aliphatic hydroxyl groups excluding tert-OH is 1. The van der Waals surface area contributed by atoms with Gasteiger partial charge in [0.15, 0.2) is 5.13 Å². The molecule has 1 aliphatic heterocycles. The zero-order chi connectivity index (χ0) is 24.0. The number of methoxy groups -OCH3 is 1. The van der Waals surface area contributed by atoms with Gasteiger partial charge in [-0.05, 0) is 54.4 Å². The van der Waals surface area contributed by atoms with E-state index in [4.69, 9.17) is 16.3 Å². The third-order valence-corrected chi connectivity index (χ3v) is 6.98. The minimum Gasteiger partial charge on any atom is -0.507 e. The fourth-order valence-corrected chi connectivity index (χ4v) is 5.26. The van der Waals surface area contributed by atoms with Gasteiger partial charge in [0, 0.05) is 10.6 Å². The van der Waals surface area contributed by atoms with E-state index in [9.17, 15) is 14.7 Å². The lowest BCUT2D eigenvalue weighted by Crippen LogP contribution is -2.29. The van der Waals surface area contributed by atoms with Crippen molar-refractivity contribution in [2.75, 3.05) is 12.0 Å². The SMILES string of the molecule is COc1cccc(C(O)=C2C(=O)C(=O)N(c3nc4ccc(C)cc4s3)[C@@H]2c2ccc(Cl)cc2)c1. The second-order valence-corrected chi connectivity index (χ2v) is 9.37. The van der Waals surface area contributed by atoms with Crippen LogP contribution in [-0.4, -0.2) is 28.9 Å². The molecule has 1 aromatic heterocycles. The number of ketones is 1. The van der Waals surface area contributed by atoms with Crippen LogP contribution in [0.25, 0.3) is 16.0 Å². The number of aliphatic hydroxyl groups is 1. The number of nitrogens with zero attached hydrogens (tertiary/aromatic N) is 2. The predicted molar refractivity (Wildman–Crippen MR) is 134 cm³/mol. The molecule has 0 bridgehead atoms. The van der Waals surface area contributed by atoms with Crippen LogP contribution in [-0.2, 0) is 9.59 Å². The molecule has 5 rings (SSSR count). The monoisotopic (exact) mass is 490 g/mol. The van der Waals surface area contributed by atoms with Gasteiger partial charge in [-0.3, -0.25) is 14.5 Å². The van der Waals surface area contributed by atoms with Crippen LogP contribution < -0.4 is 9.64 Å². The molecular weight excluding hydrogens is 472 g/mol. The average molecular weight is 491 g/mol. The number of halogens is 1. The zero-order valence-electron chi connectivity index (χ0n) is 18.3. The molecule has 1 N–H and O–H groups in total.